The molecule has 4 nitrogen and oxygen atoms in total. The zero-order chi connectivity index (χ0) is 12.5. The van der Waals surface area contributed by atoms with E-state index in [1.54, 1.807) is 6.07 Å². The molecule has 1 aliphatic rings. The number of phenolic OH excluding ortho intramolecular Hbond substituents is 1. The van der Waals surface area contributed by atoms with Crippen LogP contribution in [0.4, 0.5) is 0 Å². The van der Waals surface area contributed by atoms with Gasteiger partial charge in [0.2, 0.25) is 0 Å². The molecule has 0 radical (unpaired) electrons. The Morgan fingerprint density at radius 3 is 2.53 bits per heavy atom. The second-order valence-corrected chi connectivity index (χ2v) is 6.53. The van der Waals surface area contributed by atoms with Crippen LogP contribution in [0.3, 0.4) is 0 Å². The number of hydrogen-bond donors (Lipinski definition) is 2. The molecule has 2 rings (SSSR count). The molecule has 0 amide bonds. The van der Waals surface area contributed by atoms with Gasteiger partial charge in [0.05, 0.1) is 4.90 Å². The Morgan fingerprint density at radius 2 is 1.94 bits per heavy atom. The summed E-state index contributed by atoms with van der Waals surface area (Å²) in [5.41, 5.74) is 0.759. The molecular weight excluding hydrogens is 238 g/mol. The minimum absolute atomic E-state index is 0.198. The quantitative estimate of drug-likeness (QED) is 0.835. The highest BCUT2D eigenvalue weighted by Crippen LogP contribution is 2.33. The highest BCUT2D eigenvalue weighted by molar-refractivity contribution is 7.90. The van der Waals surface area contributed by atoms with Gasteiger partial charge in [0.1, 0.15) is 5.75 Å². The number of phenols is 1. The maximum atomic E-state index is 11.5. The van der Waals surface area contributed by atoms with Crippen molar-refractivity contribution in [3.05, 3.63) is 23.8 Å². The molecule has 1 saturated heterocycles. The summed E-state index contributed by atoms with van der Waals surface area (Å²) in [6.45, 7) is 1.82. The topological polar surface area (TPSA) is 66.4 Å². The molecule has 0 spiro atoms. The van der Waals surface area contributed by atoms with E-state index >= 15 is 0 Å². The SMILES string of the molecule is CS(=O)(=O)c1ccc(O)c(C2CCNCC2)c1. The first-order valence-electron chi connectivity index (χ1n) is 5.72. The van der Waals surface area contributed by atoms with Crippen molar-refractivity contribution in [2.24, 2.45) is 0 Å². The van der Waals surface area contributed by atoms with Crippen LogP contribution < -0.4 is 5.32 Å². The first-order chi connectivity index (χ1) is 7.98. The van der Waals surface area contributed by atoms with Crippen LogP contribution in [0.25, 0.3) is 0 Å². The molecule has 1 heterocycles. The van der Waals surface area contributed by atoms with Gasteiger partial charge in [-0.05, 0) is 55.6 Å². The summed E-state index contributed by atoms with van der Waals surface area (Å²) in [6, 6.07) is 4.55. The lowest BCUT2D eigenvalue weighted by Crippen LogP contribution is -2.26. The lowest BCUT2D eigenvalue weighted by atomic mass is 9.90. The van der Waals surface area contributed by atoms with Gasteiger partial charge in [-0.25, -0.2) is 8.42 Å². The normalized spacial score (nSPS) is 18.2. The molecule has 0 saturated carbocycles. The number of rotatable bonds is 2. The number of piperidine rings is 1. The second kappa shape index (κ2) is 4.66. The highest BCUT2D eigenvalue weighted by Gasteiger charge is 2.20. The first-order valence-corrected chi connectivity index (χ1v) is 7.61. The van der Waals surface area contributed by atoms with Crippen molar-refractivity contribution in [3.8, 4) is 5.75 Å². The molecule has 1 aromatic rings. The van der Waals surface area contributed by atoms with Crippen molar-refractivity contribution in [3.63, 3.8) is 0 Å². The van der Waals surface area contributed by atoms with Crippen LogP contribution in [0.15, 0.2) is 23.1 Å². The van der Waals surface area contributed by atoms with Gasteiger partial charge in [0, 0.05) is 6.26 Å². The standard InChI is InChI=1S/C12H17NO3S/c1-17(15,16)10-2-3-12(14)11(8-10)9-4-6-13-7-5-9/h2-3,8-9,13-14H,4-7H2,1H3. The van der Waals surface area contributed by atoms with Gasteiger partial charge in [-0.2, -0.15) is 0 Å². The molecule has 0 bridgehead atoms. The monoisotopic (exact) mass is 255 g/mol. The Labute approximate surface area is 102 Å². The molecule has 1 aliphatic heterocycles. The third-order valence-corrected chi connectivity index (χ3v) is 4.32. The van der Waals surface area contributed by atoms with Crippen LogP contribution in [0.2, 0.25) is 0 Å². The number of nitrogens with one attached hydrogen (secondary N) is 1. The predicted octanol–water partition coefficient (Wildman–Crippen LogP) is 1.26. The van der Waals surface area contributed by atoms with Crippen molar-refractivity contribution < 1.29 is 13.5 Å². The van der Waals surface area contributed by atoms with Crippen LogP contribution in [-0.4, -0.2) is 32.9 Å². The Kier molecular flexibility index (Phi) is 3.40. The number of hydrogen-bond acceptors (Lipinski definition) is 4. The Morgan fingerprint density at radius 1 is 1.29 bits per heavy atom. The van der Waals surface area contributed by atoms with Gasteiger partial charge in [0.25, 0.3) is 0 Å². The van der Waals surface area contributed by atoms with E-state index in [4.69, 9.17) is 0 Å². The summed E-state index contributed by atoms with van der Waals surface area (Å²) in [5.74, 6) is 0.447. The third-order valence-electron chi connectivity index (χ3n) is 3.21. The van der Waals surface area contributed by atoms with Crippen molar-refractivity contribution in [1.82, 2.24) is 5.32 Å². The van der Waals surface area contributed by atoms with Crippen molar-refractivity contribution in [1.29, 1.82) is 0 Å². The minimum Gasteiger partial charge on any atom is -0.508 e. The van der Waals surface area contributed by atoms with Gasteiger partial charge in [-0.3, -0.25) is 0 Å². The van der Waals surface area contributed by atoms with E-state index in [1.165, 1.54) is 18.4 Å². The molecule has 0 atom stereocenters. The molecule has 17 heavy (non-hydrogen) atoms. The summed E-state index contributed by atoms with van der Waals surface area (Å²) < 4.78 is 23.0. The van der Waals surface area contributed by atoms with E-state index in [2.05, 4.69) is 5.32 Å². The lowest BCUT2D eigenvalue weighted by Gasteiger charge is -2.24. The van der Waals surface area contributed by atoms with Crippen LogP contribution in [0, 0.1) is 0 Å². The van der Waals surface area contributed by atoms with Crippen LogP contribution in [0.5, 0.6) is 5.75 Å². The molecule has 0 unspecified atom stereocenters. The molecule has 94 valence electrons. The largest absolute Gasteiger partial charge is 0.508 e. The van der Waals surface area contributed by atoms with Crippen LogP contribution in [0.1, 0.15) is 24.3 Å². The summed E-state index contributed by atoms with van der Waals surface area (Å²) in [7, 11) is -3.21. The molecule has 2 N–H and O–H groups in total. The summed E-state index contributed by atoms with van der Waals surface area (Å²) in [5, 5.41) is 13.1. The Hall–Kier alpha value is -1.07. The van der Waals surface area contributed by atoms with Crippen molar-refractivity contribution in [2.75, 3.05) is 19.3 Å². The van der Waals surface area contributed by atoms with Crippen LogP contribution in [-0.2, 0) is 9.84 Å². The van der Waals surface area contributed by atoms with Crippen molar-refractivity contribution in [2.45, 2.75) is 23.7 Å². The zero-order valence-corrected chi connectivity index (χ0v) is 10.6. The fraction of sp³-hybridized carbons (Fsp3) is 0.500. The van der Waals surface area contributed by atoms with E-state index < -0.39 is 9.84 Å². The highest BCUT2D eigenvalue weighted by atomic mass is 32.2. The molecule has 0 aromatic heterocycles. The third kappa shape index (κ3) is 2.79. The van der Waals surface area contributed by atoms with Gasteiger partial charge < -0.3 is 10.4 Å². The Bertz CT molecular complexity index is 504. The lowest BCUT2D eigenvalue weighted by molar-refractivity contribution is 0.423. The van der Waals surface area contributed by atoms with E-state index in [1.807, 2.05) is 0 Å². The molecule has 5 heteroatoms. The van der Waals surface area contributed by atoms with E-state index in [9.17, 15) is 13.5 Å². The van der Waals surface area contributed by atoms with Crippen LogP contribution >= 0.6 is 0 Å². The molecule has 1 fully saturated rings. The van der Waals surface area contributed by atoms with E-state index in [0.29, 0.717) is 0 Å². The summed E-state index contributed by atoms with van der Waals surface area (Å²) in [4.78, 5) is 0.281. The number of aromatic hydroxyl groups is 1. The van der Waals surface area contributed by atoms with Crippen molar-refractivity contribution >= 4 is 9.84 Å². The Balaban J connectivity index is 2.38. The number of benzene rings is 1. The zero-order valence-electron chi connectivity index (χ0n) is 9.81. The first kappa shape index (κ1) is 12.4. The maximum absolute atomic E-state index is 11.5. The fourth-order valence-electron chi connectivity index (χ4n) is 2.22. The second-order valence-electron chi connectivity index (χ2n) is 4.52. The van der Waals surface area contributed by atoms with E-state index in [0.717, 1.165) is 31.5 Å². The fourth-order valence-corrected chi connectivity index (χ4v) is 2.88. The number of sulfone groups is 1. The average molecular weight is 255 g/mol. The predicted molar refractivity (Wildman–Crippen MR) is 66.1 cm³/mol. The van der Waals surface area contributed by atoms with Gasteiger partial charge in [-0.15, -0.1) is 0 Å². The smallest absolute Gasteiger partial charge is 0.175 e. The van der Waals surface area contributed by atoms with E-state index in [-0.39, 0.29) is 16.6 Å². The van der Waals surface area contributed by atoms with Gasteiger partial charge >= 0.3 is 0 Å². The molecule has 1 aromatic carbocycles. The maximum Gasteiger partial charge on any atom is 0.175 e. The average Bonchev–Trinajstić information content (AvgIpc) is 2.29. The van der Waals surface area contributed by atoms with Gasteiger partial charge in [0.15, 0.2) is 9.84 Å². The summed E-state index contributed by atoms with van der Waals surface area (Å²) >= 11 is 0. The molecule has 0 aliphatic carbocycles. The minimum atomic E-state index is -3.21. The molecular formula is C12H17NO3S. The summed E-state index contributed by atoms with van der Waals surface area (Å²) in [6.07, 6.45) is 3.05. The van der Waals surface area contributed by atoms with Gasteiger partial charge in [-0.1, -0.05) is 0 Å².